The predicted molar refractivity (Wildman–Crippen MR) is 81.6 cm³/mol. The Labute approximate surface area is 125 Å². The maximum atomic E-state index is 13.8. The van der Waals surface area contributed by atoms with Gasteiger partial charge in [0.1, 0.15) is 11.9 Å². The standard InChI is InChI=1S/C16H24FN3O/c1-12(10-13-6-4-5-7-14(13)17)20-9-8-18-11-15(20)16(21)19(2)3/h4-7,12,15,18H,8-11H2,1-3H3. The molecule has 1 saturated heterocycles. The first-order chi connectivity index (χ1) is 10.0. The summed E-state index contributed by atoms with van der Waals surface area (Å²) in [6.07, 6.45) is 0.615. The number of amides is 1. The summed E-state index contributed by atoms with van der Waals surface area (Å²) in [4.78, 5) is 16.1. The molecule has 0 bridgehead atoms. The first kappa shape index (κ1) is 15.9. The molecule has 0 aliphatic carbocycles. The molecule has 0 spiro atoms. The Morgan fingerprint density at radius 2 is 2.19 bits per heavy atom. The van der Waals surface area contributed by atoms with E-state index in [1.807, 2.05) is 12.1 Å². The van der Waals surface area contributed by atoms with Gasteiger partial charge in [-0.3, -0.25) is 9.69 Å². The highest BCUT2D eigenvalue weighted by molar-refractivity contribution is 5.81. The minimum Gasteiger partial charge on any atom is -0.347 e. The molecule has 1 aliphatic heterocycles. The lowest BCUT2D eigenvalue weighted by Gasteiger charge is -2.40. The van der Waals surface area contributed by atoms with Crippen molar-refractivity contribution in [3.8, 4) is 0 Å². The Kier molecular flexibility index (Phi) is 5.31. The van der Waals surface area contributed by atoms with Crippen LogP contribution in [0.25, 0.3) is 0 Å². The van der Waals surface area contributed by atoms with Crippen molar-refractivity contribution < 1.29 is 9.18 Å². The van der Waals surface area contributed by atoms with Gasteiger partial charge in [-0.2, -0.15) is 0 Å². The Morgan fingerprint density at radius 1 is 1.48 bits per heavy atom. The number of halogens is 1. The van der Waals surface area contributed by atoms with Crippen molar-refractivity contribution >= 4 is 5.91 Å². The predicted octanol–water partition coefficient (Wildman–Crippen LogP) is 1.12. The zero-order valence-corrected chi connectivity index (χ0v) is 13.0. The van der Waals surface area contributed by atoms with Gasteiger partial charge in [-0.1, -0.05) is 18.2 Å². The topological polar surface area (TPSA) is 35.6 Å². The van der Waals surface area contributed by atoms with Gasteiger partial charge in [0.15, 0.2) is 0 Å². The van der Waals surface area contributed by atoms with Crippen LogP contribution in [-0.2, 0) is 11.2 Å². The molecule has 1 aromatic rings. The molecule has 5 heteroatoms. The monoisotopic (exact) mass is 293 g/mol. The highest BCUT2D eigenvalue weighted by Gasteiger charge is 2.32. The average molecular weight is 293 g/mol. The van der Waals surface area contributed by atoms with Crippen LogP contribution in [0.4, 0.5) is 4.39 Å². The van der Waals surface area contributed by atoms with Crippen LogP contribution >= 0.6 is 0 Å². The van der Waals surface area contributed by atoms with Gasteiger partial charge in [-0.05, 0) is 25.0 Å². The normalized spacial score (nSPS) is 21.0. The fourth-order valence-corrected chi connectivity index (χ4v) is 2.87. The summed E-state index contributed by atoms with van der Waals surface area (Å²) in [6, 6.07) is 6.81. The Balaban J connectivity index is 2.10. The van der Waals surface area contributed by atoms with E-state index < -0.39 is 0 Å². The third-order valence-electron chi connectivity index (χ3n) is 4.05. The molecule has 2 atom stereocenters. The van der Waals surface area contributed by atoms with Crippen LogP contribution in [-0.4, -0.2) is 61.5 Å². The fourth-order valence-electron chi connectivity index (χ4n) is 2.87. The fraction of sp³-hybridized carbons (Fsp3) is 0.562. The second kappa shape index (κ2) is 7.00. The summed E-state index contributed by atoms with van der Waals surface area (Å²) < 4.78 is 13.8. The van der Waals surface area contributed by atoms with Crippen LogP contribution in [0.3, 0.4) is 0 Å². The largest absolute Gasteiger partial charge is 0.347 e. The van der Waals surface area contributed by atoms with E-state index >= 15 is 0 Å². The van der Waals surface area contributed by atoms with Gasteiger partial charge in [0.2, 0.25) is 5.91 Å². The van der Waals surface area contributed by atoms with E-state index in [9.17, 15) is 9.18 Å². The van der Waals surface area contributed by atoms with Crippen LogP contribution in [0.1, 0.15) is 12.5 Å². The molecule has 116 valence electrons. The summed E-state index contributed by atoms with van der Waals surface area (Å²) in [5.41, 5.74) is 0.708. The number of hydrogen-bond donors (Lipinski definition) is 1. The molecular formula is C16H24FN3O. The van der Waals surface area contributed by atoms with E-state index in [-0.39, 0.29) is 23.8 Å². The van der Waals surface area contributed by atoms with Crippen molar-refractivity contribution in [3.63, 3.8) is 0 Å². The molecule has 1 aromatic carbocycles. The number of nitrogens with zero attached hydrogens (tertiary/aromatic N) is 2. The van der Waals surface area contributed by atoms with Crippen LogP contribution in [0, 0.1) is 5.82 Å². The van der Waals surface area contributed by atoms with E-state index in [2.05, 4.69) is 17.1 Å². The lowest BCUT2D eigenvalue weighted by atomic mass is 10.0. The summed E-state index contributed by atoms with van der Waals surface area (Å²) in [7, 11) is 3.55. The van der Waals surface area contributed by atoms with Crippen molar-refractivity contribution in [1.29, 1.82) is 0 Å². The molecule has 1 aliphatic rings. The molecule has 0 saturated carbocycles. The first-order valence-corrected chi connectivity index (χ1v) is 7.41. The molecule has 4 nitrogen and oxygen atoms in total. The molecule has 21 heavy (non-hydrogen) atoms. The van der Waals surface area contributed by atoms with E-state index in [0.29, 0.717) is 18.5 Å². The first-order valence-electron chi connectivity index (χ1n) is 7.41. The van der Waals surface area contributed by atoms with Crippen LogP contribution in [0.5, 0.6) is 0 Å². The maximum Gasteiger partial charge on any atom is 0.240 e. The third-order valence-corrected chi connectivity index (χ3v) is 4.05. The number of carbonyl (C=O) groups is 1. The van der Waals surface area contributed by atoms with Gasteiger partial charge in [0, 0.05) is 39.8 Å². The van der Waals surface area contributed by atoms with Crippen molar-refractivity contribution in [1.82, 2.24) is 15.1 Å². The number of benzene rings is 1. The molecular weight excluding hydrogens is 269 g/mol. The molecule has 1 heterocycles. The van der Waals surface area contributed by atoms with Gasteiger partial charge in [-0.15, -0.1) is 0 Å². The zero-order valence-electron chi connectivity index (χ0n) is 13.0. The molecule has 1 amide bonds. The summed E-state index contributed by atoms with van der Waals surface area (Å²) in [6.45, 7) is 4.38. The van der Waals surface area contributed by atoms with E-state index in [0.717, 1.165) is 13.1 Å². The van der Waals surface area contributed by atoms with Crippen molar-refractivity contribution in [2.45, 2.75) is 25.4 Å². The van der Waals surface area contributed by atoms with E-state index in [4.69, 9.17) is 0 Å². The molecule has 2 rings (SSSR count). The second-order valence-electron chi connectivity index (χ2n) is 5.83. The van der Waals surface area contributed by atoms with Gasteiger partial charge in [0.25, 0.3) is 0 Å². The van der Waals surface area contributed by atoms with Crippen LogP contribution in [0.2, 0.25) is 0 Å². The van der Waals surface area contributed by atoms with Crippen LogP contribution < -0.4 is 5.32 Å². The highest BCUT2D eigenvalue weighted by atomic mass is 19.1. The maximum absolute atomic E-state index is 13.8. The van der Waals surface area contributed by atoms with E-state index in [1.165, 1.54) is 6.07 Å². The van der Waals surface area contributed by atoms with Crippen LogP contribution in [0.15, 0.2) is 24.3 Å². The smallest absolute Gasteiger partial charge is 0.240 e. The number of hydrogen-bond acceptors (Lipinski definition) is 3. The van der Waals surface area contributed by atoms with Gasteiger partial charge in [-0.25, -0.2) is 4.39 Å². The number of carbonyl (C=O) groups excluding carboxylic acids is 1. The lowest BCUT2D eigenvalue weighted by Crippen LogP contribution is -2.60. The average Bonchev–Trinajstić information content (AvgIpc) is 2.48. The van der Waals surface area contributed by atoms with Gasteiger partial charge in [0.05, 0.1) is 0 Å². The zero-order chi connectivity index (χ0) is 15.4. The quantitative estimate of drug-likeness (QED) is 0.903. The number of piperazine rings is 1. The van der Waals surface area contributed by atoms with Gasteiger partial charge < -0.3 is 10.2 Å². The van der Waals surface area contributed by atoms with Crippen molar-refractivity contribution in [2.75, 3.05) is 33.7 Å². The molecule has 1 fully saturated rings. The number of likely N-dealkylation sites (N-methyl/N-ethyl adjacent to an activating group) is 1. The minimum atomic E-state index is -0.171. The summed E-state index contributed by atoms with van der Waals surface area (Å²) >= 11 is 0. The molecule has 0 aromatic heterocycles. The molecule has 1 N–H and O–H groups in total. The minimum absolute atomic E-state index is 0.0996. The second-order valence-corrected chi connectivity index (χ2v) is 5.83. The number of rotatable bonds is 4. The number of nitrogens with one attached hydrogen (secondary N) is 1. The van der Waals surface area contributed by atoms with Crippen molar-refractivity contribution in [3.05, 3.63) is 35.6 Å². The summed E-state index contributed by atoms with van der Waals surface area (Å²) in [5, 5.41) is 3.27. The Morgan fingerprint density at radius 3 is 2.86 bits per heavy atom. The molecule has 0 radical (unpaired) electrons. The van der Waals surface area contributed by atoms with E-state index in [1.54, 1.807) is 25.1 Å². The van der Waals surface area contributed by atoms with Gasteiger partial charge >= 0.3 is 0 Å². The Hall–Kier alpha value is -1.46. The Bertz CT molecular complexity index is 492. The lowest BCUT2D eigenvalue weighted by molar-refractivity contribution is -0.136. The molecule has 2 unspecified atom stereocenters. The summed E-state index contributed by atoms with van der Waals surface area (Å²) in [5.74, 6) is -0.0717. The SMILES string of the molecule is CC(Cc1ccccc1F)N1CCNCC1C(=O)N(C)C. The highest BCUT2D eigenvalue weighted by Crippen LogP contribution is 2.16. The van der Waals surface area contributed by atoms with Crippen molar-refractivity contribution in [2.24, 2.45) is 0 Å². The third kappa shape index (κ3) is 3.80.